The monoisotopic (exact) mass is 331 g/mol. The van der Waals surface area contributed by atoms with Gasteiger partial charge < -0.3 is 14.5 Å². The number of anilines is 1. The van der Waals surface area contributed by atoms with E-state index in [0.29, 0.717) is 11.5 Å². The second-order valence-electron chi connectivity index (χ2n) is 7.15. The third-order valence-electron chi connectivity index (χ3n) is 5.27. The van der Waals surface area contributed by atoms with Crippen LogP contribution in [0.1, 0.15) is 43.5 Å². The Balaban J connectivity index is 1.61. The molecule has 5 nitrogen and oxygen atoms in total. The molecule has 0 N–H and O–H groups in total. The van der Waals surface area contributed by atoms with Crippen molar-refractivity contribution < 1.29 is 9.53 Å². The van der Waals surface area contributed by atoms with Gasteiger partial charge in [-0.05, 0) is 44.2 Å². The Morgan fingerprint density at radius 2 is 2.12 bits per heavy atom. The van der Waals surface area contributed by atoms with Crippen LogP contribution in [0.4, 0.5) is 5.82 Å². The van der Waals surface area contributed by atoms with Crippen LogP contribution in [0.25, 0.3) is 0 Å². The second kappa shape index (κ2) is 7.97. The summed E-state index contributed by atoms with van der Waals surface area (Å²) in [7, 11) is 0. The number of hydrogen-bond donors (Lipinski definition) is 0. The van der Waals surface area contributed by atoms with Gasteiger partial charge in [0.2, 0.25) is 0 Å². The van der Waals surface area contributed by atoms with Gasteiger partial charge >= 0.3 is 0 Å². The maximum Gasteiger partial charge on any atom is 0.255 e. The molecular weight excluding hydrogens is 302 g/mol. The number of piperidine rings is 1. The molecule has 3 heterocycles. The van der Waals surface area contributed by atoms with Crippen molar-refractivity contribution in [2.45, 2.75) is 33.1 Å². The van der Waals surface area contributed by atoms with Gasteiger partial charge in [0.05, 0.1) is 12.2 Å². The average Bonchev–Trinajstić information content (AvgIpc) is 3.13. The molecule has 3 rings (SSSR count). The molecule has 0 saturated carbocycles. The van der Waals surface area contributed by atoms with Crippen LogP contribution in [0.2, 0.25) is 0 Å². The summed E-state index contributed by atoms with van der Waals surface area (Å²) in [5.74, 6) is 2.35. The summed E-state index contributed by atoms with van der Waals surface area (Å²) in [6, 6.07) is 3.92. The smallest absolute Gasteiger partial charge is 0.255 e. The van der Waals surface area contributed by atoms with Gasteiger partial charge in [-0.25, -0.2) is 4.98 Å². The van der Waals surface area contributed by atoms with Crippen molar-refractivity contribution in [3.05, 3.63) is 23.9 Å². The molecule has 1 atom stereocenters. The minimum absolute atomic E-state index is 0.0794. The second-order valence-corrected chi connectivity index (χ2v) is 7.15. The van der Waals surface area contributed by atoms with Gasteiger partial charge in [-0.3, -0.25) is 4.79 Å². The third-order valence-corrected chi connectivity index (χ3v) is 5.27. The Morgan fingerprint density at radius 3 is 2.71 bits per heavy atom. The molecule has 1 amide bonds. The van der Waals surface area contributed by atoms with Gasteiger partial charge in [-0.15, -0.1) is 0 Å². The van der Waals surface area contributed by atoms with Crippen LogP contribution in [0.5, 0.6) is 0 Å². The fraction of sp³-hybridized carbons (Fsp3) is 0.684. The van der Waals surface area contributed by atoms with Crippen molar-refractivity contribution in [1.82, 2.24) is 9.88 Å². The van der Waals surface area contributed by atoms with E-state index in [4.69, 9.17) is 4.74 Å². The number of rotatable bonds is 5. The van der Waals surface area contributed by atoms with E-state index < -0.39 is 0 Å². The lowest BCUT2D eigenvalue weighted by Gasteiger charge is -2.31. The number of nitrogens with zero attached hydrogens (tertiary/aromatic N) is 3. The largest absolute Gasteiger partial charge is 0.381 e. The molecule has 5 heteroatoms. The Labute approximate surface area is 145 Å². The van der Waals surface area contributed by atoms with Gasteiger partial charge in [0.25, 0.3) is 5.91 Å². The Morgan fingerprint density at radius 1 is 1.33 bits per heavy atom. The van der Waals surface area contributed by atoms with E-state index in [1.54, 1.807) is 6.20 Å². The number of carbonyl (C=O) groups is 1. The van der Waals surface area contributed by atoms with Crippen LogP contribution in [-0.4, -0.2) is 55.2 Å². The first-order chi connectivity index (χ1) is 11.7. The zero-order valence-electron chi connectivity index (χ0n) is 14.9. The van der Waals surface area contributed by atoms with Crippen LogP contribution in [0.3, 0.4) is 0 Å². The van der Waals surface area contributed by atoms with Crippen molar-refractivity contribution in [2.24, 2.45) is 11.8 Å². The van der Waals surface area contributed by atoms with Crippen LogP contribution >= 0.6 is 0 Å². The Hall–Kier alpha value is -1.62. The lowest BCUT2D eigenvalue weighted by molar-refractivity contribution is 0.0730. The van der Waals surface area contributed by atoms with E-state index in [0.717, 1.165) is 57.5 Å². The molecule has 1 unspecified atom stereocenters. The number of carbonyl (C=O) groups excluding carboxylic acids is 1. The average molecular weight is 331 g/mol. The molecule has 0 bridgehead atoms. The number of ether oxygens (including phenoxy) is 1. The highest BCUT2D eigenvalue weighted by atomic mass is 16.5. The highest BCUT2D eigenvalue weighted by molar-refractivity contribution is 5.94. The van der Waals surface area contributed by atoms with Gasteiger partial charge in [-0.1, -0.05) is 6.92 Å². The van der Waals surface area contributed by atoms with Gasteiger partial charge in [0.1, 0.15) is 5.82 Å². The lowest BCUT2D eigenvalue weighted by atomic mass is 9.99. The molecule has 1 aromatic rings. The molecule has 24 heavy (non-hydrogen) atoms. The molecule has 2 saturated heterocycles. The fourth-order valence-electron chi connectivity index (χ4n) is 3.51. The molecule has 132 valence electrons. The number of hydrogen-bond acceptors (Lipinski definition) is 4. The van der Waals surface area contributed by atoms with Gasteiger partial charge in [0.15, 0.2) is 0 Å². The maximum atomic E-state index is 12.7. The molecule has 2 aliphatic rings. The Bertz CT molecular complexity index is 532. The summed E-state index contributed by atoms with van der Waals surface area (Å²) < 4.78 is 5.42. The summed E-state index contributed by atoms with van der Waals surface area (Å²) in [6.45, 7) is 9.55. The summed E-state index contributed by atoms with van der Waals surface area (Å²) in [6.07, 6.45) is 5.22. The van der Waals surface area contributed by atoms with Crippen molar-refractivity contribution >= 4 is 11.7 Å². The quantitative estimate of drug-likeness (QED) is 0.832. The standard InChI is InChI=1S/C19H29N3O2/c1-3-21(13-16-8-11-24-14-16)19(23)17-4-5-18(20-12-17)22-9-6-15(2)7-10-22/h4-5,12,15-16H,3,6-11,13-14H2,1-2H3. The maximum absolute atomic E-state index is 12.7. The van der Waals surface area contributed by atoms with E-state index in [1.165, 1.54) is 12.8 Å². The van der Waals surface area contributed by atoms with E-state index in [2.05, 4.69) is 16.8 Å². The highest BCUT2D eigenvalue weighted by Gasteiger charge is 2.23. The molecular formula is C19H29N3O2. The van der Waals surface area contributed by atoms with E-state index in [-0.39, 0.29) is 5.91 Å². The first-order valence-electron chi connectivity index (χ1n) is 9.25. The van der Waals surface area contributed by atoms with Gasteiger partial charge in [0, 0.05) is 44.9 Å². The molecule has 1 aromatic heterocycles. The SMILES string of the molecule is CCN(CC1CCOC1)C(=O)c1ccc(N2CCC(C)CC2)nc1. The predicted octanol–water partition coefficient (Wildman–Crippen LogP) is 2.82. The minimum atomic E-state index is 0.0794. The van der Waals surface area contributed by atoms with Crippen molar-refractivity contribution in [3.63, 3.8) is 0 Å². The molecule has 0 radical (unpaired) electrons. The van der Waals surface area contributed by atoms with E-state index in [9.17, 15) is 4.79 Å². The Kier molecular flexibility index (Phi) is 5.72. The molecule has 0 aromatic carbocycles. The fourth-order valence-corrected chi connectivity index (χ4v) is 3.51. The van der Waals surface area contributed by atoms with E-state index >= 15 is 0 Å². The summed E-state index contributed by atoms with van der Waals surface area (Å²) in [4.78, 5) is 21.5. The summed E-state index contributed by atoms with van der Waals surface area (Å²) >= 11 is 0. The first-order valence-corrected chi connectivity index (χ1v) is 9.25. The van der Waals surface area contributed by atoms with E-state index in [1.807, 2.05) is 24.0 Å². The lowest BCUT2D eigenvalue weighted by Crippen LogP contribution is -2.36. The van der Waals surface area contributed by atoms with Crippen molar-refractivity contribution in [3.8, 4) is 0 Å². The van der Waals surface area contributed by atoms with Crippen LogP contribution in [0.15, 0.2) is 18.3 Å². The molecule has 0 spiro atoms. The van der Waals surface area contributed by atoms with Crippen molar-refractivity contribution in [1.29, 1.82) is 0 Å². The first kappa shape index (κ1) is 17.2. The van der Waals surface area contributed by atoms with Crippen molar-refractivity contribution in [2.75, 3.05) is 44.3 Å². The highest BCUT2D eigenvalue weighted by Crippen LogP contribution is 2.22. The normalized spacial score (nSPS) is 21.9. The van der Waals surface area contributed by atoms with Crippen LogP contribution in [-0.2, 0) is 4.74 Å². The van der Waals surface area contributed by atoms with Gasteiger partial charge in [-0.2, -0.15) is 0 Å². The van der Waals surface area contributed by atoms with Crippen LogP contribution < -0.4 is 4.90 Å². The molecule has 2 aliphatic heterocycles. The summed E-state index contributed by atoms with van der Waals surface area (Å²) in [5.41, 5.74) is 0.685. The topological polar surface area (TPSA) is 45.7 Å². The van der Waals surface area contributed by atoms with Crippen LogP contribution in [0, 0.1) is 11.8 Å². The number of pyridine rings is 1. The zero-order valence-corrected chi connectivity index (χ0v) is 14.9. The third kappa shape index (κ3) is 4.07. The zero-order chi connectivity index (χ0) is 16.9. The molecule has 2 fully saturated rings. The number of aromatic nitrogens is 1. The molecule has 0 aliphatic carbocycles. The summed E-state index contributed by atoms with van der Waals surface area (Å²) in [5, 5.41) is 0. The number of amides is 1. The minimum Gasteiger partial charge on any atom is -0.381 e. The predicted molar refractivity (Wildman–Crippen MR) is 95.4 cm³/mol.